The molecule has 1 atom stereocenters. The minimum atomic E-state index is -0.920. The van der Waals surface area contributed by atoms with Gasteiger partial charge in [-0.25, -0.2) is 8.78 Å². The van der Waals surface area contributed by atoms with Crippen LogP contribution in [0.1, 0.15) is 35.7 Å². The summed E-state index contributed by atoms with van der Waals surface area (Å²) in [7, 11) is 1.39. The van der Waals surface area contributed by atoms with E-state index >= 15 is 0 Å². The smallest absolute Gasteiger partial charge is 0.318 e. The zero-order valence-electron chi connectivity index (χ0n) is 20.8. The van der Waals surface area contributed by atoms with Gasteiger partial charge in [0.15, 0.2) is 0 Å². The Labute approximate surface area is 227 Å². The first-order valence-electron chi connectivity index (χ1n) is 11.7. The van der Waals surface area contributed by atoms with E-state index < -0.39 is 12.5 Å². The fraction of sp³-hybridized carbons (Fsp3) is 0.308. The van der Waals surface area contributed by atoms with Gasteiger partial charge in [0.05, 0.1) is 29.1 Å². The lowest BCUT2D eigenvalue weighted by Crippen LogP contribution is -2.53. The van der Waals surface area contributed by atoms with Crippen LogP contribution >= 0.6 is 22.9 Å². The number of methoxy groups -OCH3 is 1. The Hall–Kier alpha value is -3.75. The number of amides is 1. The summed E-state index contributed by atoms with van der Waals surface area (Å²) in [5, 5.41) is 10.2. The highest BCUT2D eigenvalue weighted by Crippen LogP contribution is 2.41. The minimum Gasteiger partial charge on any atom is -0.467 e. The van der Waals surface area contributed by atoms with Gasteiger partial charge in [0.1, 0.15) is 29.4 Å². The van der Waals surface area contributed by atoms with Gasteiger partial charge < -0.3 is 20.3 Å². The van der Waals surface area contributed by atoms with E-state index in [4.69, 9.17) is 22.1 Å². The molecule has 0 radical (unpaired) electrons. The molecule has 1 fully saturated rings. The van der Waals surface area contributed by atoms with Crippen LogP contribution in [0, 0.1) is 17.1 Å². The third kappa shape index (κ3) is 4.89. The van der Waals surface area contributed by atoms with Crippen molar-refractivity contribution in [1.29, 1.82) is 5.26 Å². The molecule has 4 rings (SSSR count). The van der Waals surface area contributed by atoms with Crippen molar-refractivity contribution in [2.24, 2.45) is 0 Å². The number of carbonyl (C=O) groups excluding carboxylic acids is 1. The van der Waals surface area contributed by atoms with E-state index in [9.17, 15) is 18.8 Å². The summed E-state index contributed by atoms with van der Waals surface area (Å²) in [6, 6.07) is 4.75. The number of aromatic nitrogens is 2. The highest BCUT2D eigenvalue weighted by molar-refractivity contribution is 7.23. The van der Waals surface area contributed by atoms with Crippen LogP contribution < -0.4 is 15.4 Å². The Morgan fingerprint density at radius 3 is 2.82 bits per heavy atom. The fourth-order valence-electron chi connectivity index (χ4n) is 4.37. The molecule has 1 amide bonds. The summed E-state index contributed by atoms with van der Waals surface area (Å²) in [5.41, 5.74) is 7.19. The number of anilines is 2. The normalized spacial score (nSPS) is 15.2. The van der Waals surface area contributed by atoms with E-state index in [1.54, 1.807) is 4.90 Å². The number of likely N-dealkylation sites (tertiary alicyclic amines) is 1. The van der Waals surface area contributed by atoms with Gasteiger partial charge in [-0.1, -0.05) is 24.2 Å². The largest absolute Gasteiger partial charge is 0.467 e. The maximum Gasteiger partial charge on any atom is 0.318 e. The predicted octanol–water partition coefficient (Wildman–Crippen LogP) is 5.11. The maximum atomic E-state index is 14.5. The van der Waals surface area contributed by atoms with E-state index in [1.807, 2.05) is 17.9 Å². The van der Waals surface area contributed by atoms with Crippen LogP contribution in [0.5, 0.6) is 6.01 Å². The zero-order valence-corrected chi connectivity index (χ0v) is 22.4. The molecule has 3 aromatic rings. The Kier molecular flexibility index (Phi) is 8.14. The number of nitrogen functional groups attached to an aromatic ring is 1. The Morgan fingerprint density at radius 2 is 2.24 bits per heavy atom. The van der Waals surface area contributed by atoms with Gasteiger partial charge in [-0.2, -0.15) is 15.2 Å². The quantitative estimate of drug-likeness (QED) is 0.272. The molecule has 38 heavy (non-hydrogen) atoms. The standard InChI is InChI=1S/C26H25ClF2N6O2S/c1-4-34(12-15-7-8-35(15)13-36)25-17(21(10-28)32-26(33-25)37-3)9-19(27)14(2)16-5-6-20(29)23-22(16)18(11-30)24(31)38-23/h5-6,9,13,15H,2,4,7-8,10,12,31H2,1,3H3/b19-9+. The average Bonchev–Trinajstić information content (AvgIpc) is 3.25. The van der Waals surface area contributed by atoms with Gasteiger partial charge in [0.25, 0.3) is 0 Å². The predicted molar refractivity (Wildman–Crippen MR) is 146 cm³/mol. The topological polar surface area (TPSA) is 108 Å². The molecule has 1 saturated heterocycles. The van der Waals surface area contributed by atoms with Gasteiger partial charge in [-0.05, 0) is 36.6 Å². The molecule has 2 aromatic heterocycles. The second-order valence-electron chi connectivity index (χ2n) is 8.58. The van der Waals surface area contributed by atoms with Gasteiger partial charge in [-0.3, -0.25) is 4.79 Å². The molecule has 12 heteroatoms. The molecule has 0 saturated carbocycles. The van der Waals surface area contributed by atoms with Crippen molar-refractivity contribution in [3.05, 3.63) is 51.9 Å². The number of nitriles is 1. The Balaban J connectivity index is 1.82. The van der Waals surface area contributed by atoms with Gasteiger partial charge in [0, 0.05) is 35.6 Å². The molecular weight excluding hydrogens is 534 g/mol. The minimum absolute atomic E-state index is 0.00768. The molecule has 0 spiro atoms. The van der Waals surface area contributed by atoms with Crippen LogP contribution in [0.2, 0.25) is 0 Å². The molecule has 0 bridgehead atoms. The summed E-state index contributed by atoms with van der Waals surface area (Å²) in [4.78, 5) is 23.6. The summed E-state index contributed by atoms with van der Waals surface area (Å²) >= 11 is 7.70. The summed E-state index contributed by atoms with van der Waals surface area (Å²) < 4.78 is 34.2. The van der Waals surface area contributed by atoms with E-state index in [0.29, 0.717) is 42.0 Å². The van der Waals surface area contributed by atoms with E-state index in [-0.39, 0.29) is 43.6 Å². The van der Waals surface area contributed by atoms with Crippen molar-refractivity contribution in [3.63, 3.8) is 0 Å². The second kappa shape index (κ2) is 11.3. The highest BCUT2D eigenvalue weighted by Gasteiger charge is 2.30. The van der Waals surface area contributed by atoms with Gasteiger partial charge >= 0.3 is 6.01 Å². The van der Waals surface area contributed by atoms with Crippen LogP contribution in [-0.2, 0) is 11.5 Å². The number of allylic oxidation sites excluding steroid dienone is 2. The molecule has 1 aliphatic heterocycles. The van der Waals surface area contributed by atoms with Crippen LogP contribution in [0.3, 0.4) is 0 Å². The number of benzene rings is 1. The number of hydrogen-bond donors (Lipinski definition) is 1. The first-order chi connectivity index (χ1) is 18.3. The second-order valence-corrected chi connectivity index (χ2v) is 10.0. The van der Waals surface area contributed by atoms with Crippen LogP contribution in [0.25, 0.3) is 21.7 Å². The Bertz CT molecular complexity index is 1480. The molecule has 8 nitrogen and oxygen atoms in total. The third-order valence-corrected chi connectivity index (χ3v) is 7.91. The lowest BCUT2D eigenvalue weighted by Gasteiger charge is -2.41. The number of likely N-dealkylation sites (N-methyl/N-ethyl adjacent to an activating group) is 1. The monoisotopic (exact) mass is 558 g/mol. The lowest BCUT2D eigenvalue weighted by molar-refractivity contribution is -0.124. The van der Waals surface area contributed by atoms with E-state index in [2.05, 4.69) is 16.5 Å². The maximum absolute atomic E-state index is 14.5. The van der Waals surface area contributed by atoms with E-state index in [0.717, 1.165) is 24.2 Å². The third-order valence-electron chi connectivity index (χ3n) is 6.54. The number of nitrogens with two attached hydrogens (primary N) is 1. The van der Waals surface area contributed by atoms with Crippen molar-refractivity contribution < 1.29 is 18.3 Å². The number of nitrogens with zero attached hydrogens (tertiary/aromatic N) is 5. The van der Waals surface area contributed by atoms with Gasteiger partial charge in [0.2, 0.25) is 6.41 Å². The molecule has 0 aliphatic carbocycles. The molecular formula is C26H25ClF2N6O2S. The first-order valence-corrected chi connectivity index (χ1v) is 12.9. The van der Waals surface area contributed by atoms with Crippen molar-refractivity contribution >= 4 is 61.9 Å². The number of rotatable bonds is 10. The van der Waals surface area contributed by atoms with Crippen molar-refractivity contribution in [1.82, 2.24) is 14.9 Å². The van der Waals surface area contributed by atoms with Gasteiger partial charge in [-0.15, -0.1) is 11.3 Å². The molecule has 198 valence electrons. The molecule has 1 aliphatic rings. The summed E-state index contributed by atoms with van der Waals surface area (Å²) in [6.07, 6.45) is 3.15. The molecule has 1 unspecified atom stereocenters. The molecule has 2 N–H and O–H groups in total. The lowest BCUT2D eigenvalue weighted by atomic mass is 9.98. The highest BCUT2D eigenvalue weighted by atomic mass is 35.5. The van der Waals surface area contributed by atoms with E-state index in [1.165, 1.54) is 25.3 Å². The van der Waals surface area contributed by atoms with Crippen molar-refractivity contribution in [2.75, 3.05) is 37.4 Å². The van der Waals surface area contributed by atoms with Crippen molar-refractivity contribution in [2.45, 2.75) is 26.1 Å². The number of thiophene rings is 1. The van der Waals surface area contributed by atoms with Crippen LogP contribution in [0.4, 0.5) is 19.6 Å². The number of halogens is 3. The Morgan fingerprint density at radius 1 is 1.47 bits per heavy atom. The number of alkyl halides is 1. The molecule has 3 heterocycles. The SMILES string of the molecule is C=C(/C(Cl)=C\c1c(CF)nc(OC)nc1N(CC)CC1CCN1C=O)c1ccc(F)c2sc(N)c(C#N)c12. The molecule has 1 aromatic carbocycles. The first kappa shape index (κ1) is 27.3. The summed E-state index contributed by atoms with van der Waals surface area (Å²) in [6.45, 7) is 6.73. The van der Waals surface area contributed by atoms with Crippen LogP contribution in [0.15, 0.2) is 23.7 Å². The number of carbonyl (C=O) groups is 1. The number of ether oxygens (including phenoxy) is 1. The average molecular weight is 559 g/mol. The fourth-order valence-corrected chi connectivity index (χ4v) is 5.53. The summed E-state index contributed by atoms with van der Waals surface area (Å²) in [5.74, 6) is -0.128. The number of hydrogen-bond acceptors (Lipinski definition) is 8. The number of fused-ring (bicyclic) bond motifs is 1. The zero-order chi connectivity index (χ0) is 27.6. The van der Waals surface area contributed by atoms with Crippen LogP contribution in [-0.4, -0.2) is 54.1 Å². The van der Waals surface area contributed by atoms with Crippen molar-refractivity contribution in [3.8, 4) is 12.1 Å².